The molecule has 0 unspecified atom stereocenters. The van der Waals surface area contributed by atoms with Crippen molar-refractivity contribution >= 4 is 16.1 Å². The molecule has 0 saturated carbocycles. The maximum Gasteiger partial charge on any atom is 0.407 e. The summed E-state index contributed by atoms with van der Waals surface area (Å²) < 4.78 is 57.5. The van der Waals surface area contributed by atoms with Crippen LogP contribution in [0, 0.1) is 24.1 Å². The summed E-state index contributed by atoms with van der Waals surface area (Å²) in [5.41, 5.74) is -1.02. The molecule has 11 heteroatoms. The van der Waals surface area contributed by atoms with Crippen molar-refractivity contribution in [2.75, 3.05) is 6.54 Å². The number of hydrogen-bond acceptors (Lipinski definition) is 5. The van der Waals surface area contributed by atoms with E-state index in [1.807, 2.05) is 20.8 Å². The van der Waals surface area contributed by atoms with E-state index in [1.54, 1.807) is 13.0 Å². The minimum atomic E-state index is -4.44. The van der Waals surface area contributed by atoms with Gasteiger partial charge in [0.1, 0.15) is 5.69 Å². The molecule has 0 bridgehead atoms. The Morgan fingerprint density at radius 3 is 2.45 bits per heavy atom. The number of aryl methyl sites for hydroxylation is 1. The second-order valence-electron chi connectivity index (χ2n) is 8.83. The maximum atomic E-state index is 15.6. The van der Waals surface area contributed by atoms with E-state index in [1.165, 1.54) is 24.4 Å². The third-order valence-corrected chi connectivity index (χ3v) is 6.27. The van der Waals surface area contributed by atoms with Gasteiger partial charge in [0.15, 0.2) is 10.8 Å². The topological polar surface area (TPSA) is 105 Å². The fourth-order valence-corrected chi connectivity index (χ4v) is 4.75. The molecule has 3 aromatic heterocycles. The highest BCUT2D eigenvalue weighted by Gasteiger charge is 2.31. The van der Waals surface area contributed by atoms with Crippen molar-refractivity contribution in [3.8, 4) is 11.3 Å². The van der Waals surface area contributed by atoms with Crippen LogP contribution in [-0.2, 0) is 16.6 Å². The number of rotatable bonds is 6. The van der Waals surface area contributed by atoms with Gasteiger partial charge in [0, 0.05) is 30.7 Å². The van der Waals surface area contributed by atoms with Gasteiger partial charge in [0.25, 0.3) is 10.0 Å². The van der Waals surface area contributed by atoms with Crippen LogP contribution in [-0.4, -0.2) is 45.0 Å². The third-order valence-electron chi connectivity index (χ3n) is 4.71. The normalized spacial score (nSPS) is 12.1. The Kier molecular flexibility index (Phi) is 6.55. The van der Waals surface area contributed by atoms with E-state index in [0.717, 1.165) is 17.3 Å². The first-order valence-electron chi connectivity index (χ1n) is 9.98. The van der Waals surface area contributed by atoms with Crippen LogP contribution in [0.25, 0.3) is 11.3 Å². The second-order valence-corrected chi connectivity index (χ2v) is 10.6. The lowest BCUT2D eigenvalue weighted by molar-refractivity contribution is 0.122. The fraction of sp³-hybridized carbons (Fsp3) is 0.318. The Morgan fingerprint density at radius 1 is 1.18 bits per heavy atom. The quantitative estimate of drug-likeness (QED) is 0.530. The van der Waals surface area contributed by atoms with Gasteiger partial charge in [0.2, 0.25) is 5.95 Å². The maximum absolute atomic E-state index is 15.6. The molecule has 0 spiro atoms. The first-order valence-corrected chi connectivity index (χ1v) is 11.4. The number of pyridine rings is 2. The molecule has 0 saturated heterocycles. The Bertz CT molecular complexity index is 1300. The fourth-order valence-electron chi connectivity index (χ4n) is 3.33. The summed E-state index contributed by atoms with van der Waals surface area (Å²) in [5, 5.41) is 9.23. The number of halogens is 2. The van der Waals surface area contributed by atoms with Crippen LogP contribution in [0.2, 0.25) is 0 Å². The Labute approximate surface area is 190 Å². The van der Waals surface area contributed by atoms with E-state index in [2.05, 4.69) is 9.97 Å². The zero-order chi connectivity index (χ0) is 24.6. The summed E-state index contributed by atoms with van der Waals surface area (Å²) in [6.07, 6.45) is 2.11. The molecule has 0 atom stereocenters. The van der Waals surface area contributed by atoms with Crippen molar-refractivity contribution in [1.29, 1.82) is 0 Å². The molecule has 0 aromatic carbocycles. The molecule has 3 rings (SSSR count). The summed E-state index contributed by atoms with van der Waals surface area (Å²) in [4.78, 5) is 20.1. The van der Waals surface area contributed by atoms with Crippen LogP contribution in [0.5, 0.6) is 0 Å². The molecular weight excluding hydrogens is 454 g/mol. The van der Waals surface area contributed by atoms with Crippen molar-refractivity contribution in [1.82, 2.24) is 18.8 Å². The number of amides is 1. The monoisotopic (exact) mass is 478 g/mol. The zero-order valence-electron chi connectivity index (χ0n) is 18.6. The number of aromatic nitrogens is 3. The van der Waals surface area contributed by atoms with Crippen molar-refractivity contribution in [2.45, 2.75) is 39.3 Å². The lowest BCUT2D eigenvalue weighted by Crippen LogP contribution is -2.36. The second kappa shape index (κ2) is 8.89. The molecule has 3 heterocycles. The summed E-state index contributed by atoms with van der Waals surface area (Å²) >= 11 is 0. The minimum Gasteiger partial charge on any atom is -0.465 e. The van der Waals surface area contributed by atoms with Crippen LogP contribution >= 0.6 is 0 Å². The number of hydrogen-bond donors (Lipinski definition) is 1. The molecule has 3 aromatic rings. The molecule has 0 aliphatic rings. The van der Waals surface area contributed by atoms with Crippen molar-refractivity contribution in [3.05, 3.63) is 65.7 Å². The molecule has 33 heavy (non-hydrogen) atoms. The predicted molar refractivity (Wildman–Crippen MR) is 117 cm³/mol. The van der Waals surface area contributed by atoms with Crippen molar-refractivity contribution in [2.24, 2.45) is 5.41 Å². The van der Waals surface area contributed by atoms with E-state index < -0.39 is 45.5 Å². The minimum absolute atomic E-state index is 0.0652. The zero-order valence-corrected chi connectivity index (χ0v) is 19.4. The molecule has 0 radical (unpaired) electrons. The first kappa shape index (κ1) is 24.3. The molecule has 1 amide bonds. The van der Waals surface area contributed by atoms with Crippen LogP contribution in [0.15, 0.2) is 47.9 Å². The lowest BCUT2D eigenvalue weighted by atomic mass is 9.96. The molecule has 1 N–H and O–H groups in total. The van der Waals surface area contributed by atoms with Gasteiger partial charge in [-0.3, -0.25) is 0 Å². The van der Waals surface area contributed by atoms with E-state index in [4.69, 9.17) is 0 Å². The van der Waals surface area contributed by atoms with E-state index in [-0.39, 0.29) is 22.7 Å². The number of carboxylic acid groups (broad SMARTS) is 1. The van der Waals surface area contributed by atoms with Crippen LogP contribution in [0.3, 0.4) is 0 Å². The van der Waals surface area contributed by atoms with Gasteiger partial charge < -0.3 is 10.0 Å². The molecule has 176 valence electrons. The van der Waals surface area contributed by atoms with Gasteiger partial charge >= 0.3 is 6.09 Å². The highest BCUT2D eigenvalue weighted by atomic mass is 32.2. The summed E-state index contributed by atoms with van der Waals surface area (Å²) in [7, 11) is -4.44. The van der Waals surface area contributed by atoms with Gasteiger partial charge in [-0.25, -0.2) is 23.1 Å². The first-order chi connectivity index (χ1) is 15.3. The average molecular weight is 479 g/mol. The van der Waals surface area contributed by atoms with Gasteiger partial charge in [-0.2, -0.15) is 12.8 Å². The Balaban J connectivity index is 2.23. The number of nitrogens with zero attached hydrogens (tertiary/aromatic N) is 4. The van der Waals surface area contributed by atoms with Gasteiger partial charge in [0.05, 0.1) is 12.1 Å². The van der Waals surface area contributed by atoms with Gasteiger partial charge in [-0.1, -0.05) is 20.8 Å². The van der Waals surface area contributed by atoms with Crippen LogP contribution in [0.1, 0.15) is 31.9 Å². The van der Waals surface area contributed by atoms with Gasteiger partial charge in [-0.05, 0) is 42.2 Å². The third kappa shape index (κ3) is 5.19. The summed E-state index contributed by atoms with van der Waals surface area (Å²) in [6, 6.07) is 5.44. The summed E-state index contributed by atoms with van der Waals surface area (Å²) in [5.74, 6) is -2.13. The largest absolute Gasteiger partial charge is 0.465 e. The van der Waals surface area contributed by atoms with E-state index >= 15 is 4.39 Å². The van der Waals surface area contributed by atoms with Crippen molar-refractivity contribution in [3.63, 3.8) is 0 Å². The highest BCUT2D eigenvalue weighted by Crippen LogP contribution is 2.32. The number of carbonyl (C=O) groups is 1. The average Bonchev–Trinajstić information content (AvgIpc) is 3.03. The predicted octanol–water partition coefficient (Wildman–Crippen LogP) is 4.29. The molecule has 0 fully saturated rings. The highest BCUT2D eigenvalue weighted by molar-refractivity contribution is 7.90. The van der Waals surface area contributed by atoms with Crippen molar-refractivity contribution < 1.29 is 27.1 Å². The Hall–Kier alpha value is -3.34. The van der Waals surface area contributed by atoms with E-state index in [9.17, 15) is 22.7 Å². The molecule has 8 nitrogen and oxygen atoms in total. The van der Waals surface area contributed by atoms with Gasteiger partial charge in [-0.15, -0.1) is 0 Å². The molecular formula is C22H24F2N4O4S. The smallest absolute Gasteiger partial charge is 0.407 e. The molecule has 0 aliphatic heterocycles. The summed E-state index contributed by atoms with van der Waals surface area (Å²) in [6.45, 7) is 6.74. The van der Waals surface area contributed by atoms with E-state index in [0.29, 0.717) is 9.54 Å². The Morgan fingerprint density at radius 2 is 1.88 bits per heavy atom. The lowest BCUT2D eigenvalue weighted by Gasteiger charge is -2.27. The van der Waals surface area contributed by atoms with Crippen LogP contribution in [0.4, 0.5) is 13.6 Å². The molecule has 0 aliphatic carbocycles. The standard InChI is InChI=1S/C22H24F2N4O4S/c1-14-7-9-25-17(10-14)33(31,32)28-12-15(11-27(21(29)30)13-22(2,3)4)18(23)19(28)16-6-5-8-26-20(16)24/h5-10,12H,11,13H2,1-4H3,(H,29,30). The SMILES string of the molecule is Cc1ccnc(S(=O)(=O)n2cc(CN(CC(C)(C)C)C(=O)O)c(F)c2-c2cccnc2F)c1. The van der Waals surface area contributed by atoms with Crippen LogP contribution < -0.4 is 0 Å².